The SMILES string of the molecule is CCCCCCCCCCCCCCOc1ccccc1OCC(=O)Nc1cccc(C[n+]2cscc2C)c1. The molecule has 5 nitrogen and oxygen atoms in total. The number of aromatic nitrogens is 1. The van der Waals surface area contributed by atoms with E-state index in [0.29, 0.717) is 18.1 Å². The van der Waals surface area contributed by atoms with Crippen LogP contribution in [0.25, 0.3) is 0 Å². The van der Waals surface area contributed by atoms with E-state index in [1.165, 1.54) is 76.3 Å². The van der Waals surface area contributed by atoms with Crippen LogP contribution in [0.3, 0.4) is 0 Å². The zero-order valence-electron chi connectivity index (χ0n) is 24.0. The summed E-state index contributed by atoms with van der Waals surface area (Å²) >= 11 is 1.69. The zero-order chi connectivity index (χ0) is 27.5. The Morgan fingerprint density at radius 3 is 2.10 bits per heavy atom. The van der Waals surface area contributed by atoms with Gasteiger partial charge in [-0.05, 0) is 30.7 Å². The van der Waals surface area contributed by atoms with Gasteiger partial charge >= 0.3 is 0 Å². The molecule has 0 saturated heterocycles. The summed E-state index contributed by atoms with van der Waals surface area (Å²) in [6, 6.07) is 15.5. The van der Waals surface area contributed by atoms with Crippen LogP contribution in [0.2, 0.25) is 0 Å². The average molecular weight is 552 g/mol. The van der Waals surface area contributed by atoms with Gasteiger partial charge in [0.15, 0.2) is 30.3 Å². The number of carbonyl (C=O) groups is 1. The van der Waals surface area contributed by atoms with Gasteiger partial charge in [0.2, 0.25) is 5.51 Å². The van der Waals surface area contributed by atoms with Gasteiger partial charge in [-0.2, -0.15) is 4.57 Å². The summed E-state index contributed by atoms with van der Waals surface area (Å²) in [5.74, 6) is 1.10. The summed E-state index contributed by atoms with van der Waals surface area (Å²) in [6.45, 7) is 5.74. The lowest BCUT2D eigenvalue weighted by atomic mass is 10.1. The maximum absolute atomic E-state index is 12.6. The third-order valence-electron chi connectivity index (χ3n) is 6.91. The molecule has 0 aliphatic rings. The summed E-state index contributed by atoms with van der Waals surface area (Å²) in [4.78, 5) is 12.6. The van der Waals surface area contributed by atoms with E-state index in [4.69, 9.17) is 9.47 Å². The second kappa shape index (κ2) is 18.4. The second-order valence-corrected chi connectivity index (χ2v) is 11.1. The highest BCUT2D eigenvalue weighted by Gasteiger charge is 2.11. The van der Waals surface area contributed by atoms with Crippen LogP contribution in [-0.2, 0) is 11.3 Å². The van der Waals surface area contributed by atoms with Gasteiger partial charge in [0.25, 0.3) is 5.91 Å². The Bertz CT molecular complexity index is 1100. The van der Waals surface area contributed by atoms with Crippen LogP contribution < -0.4 is 19.4 Å². The largest absolute Gasteiger partial charge is 0.490 e. The predicted octanol–water partition coefficient (Wildman–Crippen LogP) is 8.49. The molecule has 1 N–H and O–H groups in total. The number of aryl methyl sites for hydroxylation is 1. The molecule has 1 aromatic heterocycles. The Morgan fingerprint density at radius 1 is 0.821 bits per heavy atom. The van der Waals surface area contributed by atoms with Crippen LogP contribution in [0, 0.1) is 6.92 Å². The summed E-state index contributed by atoms with van der Waals surface area (Å²) in [7, 11) is 0. The van der Waals surface area contributed by atoms with Crippen LogP contribution in [0.15, 0.2) is 59.4 Å². The standard InChI is InChI=1S/C33H46N2O3S/c1-3-4-5-6-7-8-9-10-11-12-13-16-22-37-31-20-14-15-21-32(31)38-25-33(36)34-30-19-17-18-29(23-30)24-35-27-39-26-28(35)2/h14-15,17-21,23,26-27H,3-13,16,22,24-25H2,1-2H3/p+1. The van der Waals surface area contributed by atoms with Gasteiger partial charge in [0.05, 0.1) is 12.0 Å². The Hall–Kier alpha value is -2.86. The van der Waals surface area contributed by atoms with Gasteiger partial charge in [-0.25, -0.2) is 0 Å². The first kappa shape index (κ1) is 30.7. The molecule has 3 rings (SSSR count). The number of amides is 1. The van der Waals surface area contributed by atoms with Crippen LogP contribution in [-0.4, -0.2) is 19.1 Å². The van der Waals surface area contributed by atoms with Gasteiger partial charge in [-0.3, -0.25) is 4.79 Å². The lowest BCUT2D eigenvalue weighted by Crippen LogP contribution is -2.34. The summed E-state index contributed by atoms with van der Waals surface area (Å²) in [5.41, 5.74) is 5.23. The van der Waals surface area contributed by atoms with E-state index < -0.39 is 0 Å². The Morgan fingerprint density at radius 2 is 1.46 bits per heavy atom. The van der Waals surface area contributed by atoms with E-state index in [1.807, 2.05) is 42.5 Å². The Balaban J connectivity index is 1.30. The number of anilines is 1. The van der Waals surface area contributed by atoms with Crippen LogP contribution in [0.1, 0.15) is 95.2 Å². The van der Waals surface area contributed by atoms with Gasteiger partial charge in [0.1, 0.15) is 0 Å². The minimum absolute atomic E-state index is 0.0679. The molecule has 0 aliphatic carbocycles. The molecule has 0 fully saturated rings. The topological polar surface area (TPSA) is 51.4 Å². The van der Waals surface area contributed by atoms with Crippen molar-refractivity contribution in [2.45, 2.75) is 97.4 Å². The molecule has 1 amide bonds. The summed E-state index contributed by atoms with van der Waals surface area (Å²) in [6.07, 6.45) is 15.9. The quantitative estimate of drug-likeness (QED) is 0.113. The van der Waals surface area contributed by atoms with Gasteiger partial charge < -0.3 is 14.8 Å². The number of carbonyl (C=O) groups excluding carboxylic acids is 1. The van der Waals surface area contributed by atoms with Crippen LogP contribution in [0.5, 0.6) is 11.5 Å². The molecule has 6 heteroatoms. The van der Waals surface area contributed by atoms with Crippen LogP contribution >= 0.6 is 11.3 Å². The van der Waals surface area contributed by atoms with Crippen molar-refractivity contribution in [2.24, 2.45) is 0 Å². The maximum Gasteiger partial charge on any atom is 0.262 e. The van der Waals surface area contributed by atoms with Gasteiger partial charge in [-0.1, -0.05) is 113 Å². The first-order valence-corrected chi connectivity index (χ1v) is 15.8. The molecule has 0 aliphatic heterocycles. The Kier molecular flexibility index (Phi) is 14.5. The van der Waals surface area contributed by atoms with Gasteiger partial charge in [-0.15, -0.1) is 0 Å². The molecule has 0 bridgehead atoms. The number of nitrogens with zero attached hydrogens (tertiary/aromatic N) is 1. The molecule has 1 heterocycles. The lowest BCUT2D eigenvalue weighted by Gasteiger charge is -2.13. The van der Waals surface area contributed by atoms with Crippen molar-refractivity contribution >= 4 is 22.9 Å². The van der Waals surface area contributed by atoms with Crippen molar-refractivity contribution < 1.29 is 18.8 Å². The van der Waals surface area contributed by atoms with Crippen molar-refractivity contribution in [3.8, 4) is 11.5 Å². The number of unbranched alkanes of at least 4 members (excludes halogenated alkanes) is 11. The number of ether oxygens (including phenoxy) is 2. The molecule has 3 aromatic rings. The molecular formula is C33H47N2O3S+. The number of thiazole rings is 1. The molecule has 0 atom stereocenters. The molecular weight excluding hydrogens is 504 g/mol. The number of para-hydroxylation sites is 2. The molecule has 212 valence electrons. The first-order chi connectivity index (χ1) is 19.2. The van der Waals surface area contributed by atoms with Crippen molar-refractivity contribution in [1.82, 2.24) is 0 Å². The second-order valence-electron chi connectivity index (χ2n) is 10.4. The highest BCUT2D eigenvalue weighted by molar-refractivity contribution is 7.07. The predicted molar refractivity (Wildman–Crippen MR) is 162 cm³/mol. The molecule has 39 heavy (non-hydrogen) atoms. The van der Waals surface area contributed by atoms with E-state index in [1.54, 1.807) is 11.3 Å². The lowest BCUT2D eigenvalue weighted by molar-refractivity contribution is -0.689. The van der Waals surface area contributed by atoms with Crippen molar-refractivity contribution in [3.63, 3.8) is 0 Å². The van der Waals surface area contributed by atoms with Gasteiger partial charge in [0, 0.05) is 18.2 Å². The first-order valence-electron chi connectivity index (χ1n) is 14.8. The highest BCUT2D eigenvalue weighted by Crippen LogP contribution is 2.27. The normalized spacial score (nSPS) is 10.9. The monoisotopic (exact) mass is 551 g/mol. The number of rotatable bonds is 20. The highest BCUT2D eigenvalue weighted by atomic mass is 32.1. The molecule has 0 unspecified atom stereocenters. The third kappa shape index (κ3) is 12.2. The molecule has 0 spiro atoms. The third-order valence-corrected chi connectivity index (χ3v) is 7.76. The number of hydrogen-bond donors (Lipinski definition) is 1. The summed E-state index contributed by atoms with van der Waals surface area (Å²) in [5, 5.41) is 5.08. The Labute approximate surface area is 239 Å². The van der Waals surface area contributed by atoms with E-state index in [2.05, 4.69) is 40.7 Å². The smallest absolute Gasteiger partial charge is 0.262 e. The average Bonchev–Trinajstić information content (AvgIpc) is 3.34. The minimum Gasteiger partial charge on any atom is -0.490 e. The van der Waals surface area contributed by atoms with E-state index in [-0.39, 0.29) is 12.5 Å². The fourth-order valence-electron chi connectivity index (χ4n) is 4.61. The minimum atomic E-state index is -0.192. The van der Waals surface area contributed by atoms with Crippen molar-refractivity contribution in [3.05, 3.63) is 70.7 Å². The van der Waals surface area contributed by atoms with Crippen molar-refractivity contribution in [2.75, 3.05) is 18.5 Å². The zero-order valence-corrected chi connectivity index (χ0v) is 24.8. The molecule has 0 radical (unpaired) electrons. The number of nitrogens with one attached hydrogen (secondary N) is 1. The fraction of sp³-hybridized carbons (Fsp3) is 0.515. The van der Waals surface area contributed by atoms with E-state index in [9.17, 15) is 4.79 Å². The van der Waals surface area contributed by atoms with Crippen molar-refractivity contribution in [1.29, 1.82) is 0 Å². The summed E-state index contributed by atoms with van der Waals surface area (Å²) < 4.78 is 14.0. The molecule has 2 aromatic carbocycles. The number of benzene rings is 2. The maximum atomic E-state index is 12.6. The van der Waals surface area contributed by atoms with E-state index in [0.717, 1.165) is 24.2 Å². The van der Waals surface area contributed by atoms with E-state index >= 15 is 0 Å². The van der Waals surface area contributed by atoms with Crippen LogP contribution in [0.4, 0.5) is 5.69 Å². The molecule has 0 saturated carbocycles. The number of hydrogen-bond acceptors (Lipinski definition) is 4. The fourth-order valence-corrected chi connectivity index (χ4v) is 5.39.